The van der Waals surface area contributed by atoms with Gasteiger partial charge in [-0.15, -0.1) is 11.3 Å². The van der Waals surface area contributed by atoms with E-state index in [1.165, 1.54) is 23.5 Å². The van der Waals surface area contributed by atoms with Gasteiger partial charge in [-0.1, -0.05) is 36.8 Å². The molecule has 6 rings (SSSR count). The maximum atomic E-state index is 15.0. The van der Waals surface area contributed by atoms with Crippen LogP contribution < -0.4 is 5.14 Å². The van der Waals surface area contributed by atoms with Gasteiger partial charge in [-0.05, 0) is 80.8 Å². The number of nitrogens with two attached hydrogens (primary N) is 1. The highest BCUT2D eigenvalue weighted by Gasteiger charge is 2.30. The molecule has 0 bridgehead atoms. The molecule has 0 unspecified atom stereocenters. The van der Waals surface area contributed by atoms with Crippen molar-refractivity contribution in [3.63, 3.8) is 0 Å². The topological polar surface area (TPSA) is 117 Å². The number of sulfonamides is 1. The molecule has 8 nitrogen and oxygen atoms in total. The molecule has 2 heterocycles. The number of hydrogen-bond donors (Lipinski definition) is 1. The molecule has 2 aromatic carbocycles. The minimum atomic E-state index is -3.90. The molecule has 0 amide bonds. The van der Waals surface area contributed by atoms with Gasteiger partial charge in [-0.3, -0.25) is 0 Å². The number of aromatic nitrogens is 3. The summed E-state index contributed by atoms with van der Waals surface area (Å²) in [6.07, 6.45) is 7.62. The molecule has 228 valence electrons. The number of rotatable bonds is 9. The Kier molecular flexibility index (Phi) is 8.67. The summed E-state index contributed by atoms with van der Waals surface area (Å²) in [5.41, 5.74) is 4.36. The highest BCUT2D eigenvalue weighted by molar-refractivity contribution is 7.89. The standard InChI is InChI=1S/C33H33FN4O4S2/c1-2-42-32(39)29-20-43-33(36-29)38-30(18-22-10-11-22)27(17-23-8-5-9-26(16-23)44(35,40)41)31(37-38)25-14-15-28(34)24(19-25)13-12-21-6-3-4-7-21/h5,8-9,14-16,19-22H,2-4,6-7,10-11,17-18H2,1H3,(H2,35,40,41). The first kappa shape index (κ1) is 30.2. The summed E-state index contributed by atoms with van der Waals surface area (Å²) < 4.78 is 46.2. The number of nitrogens with zero attached hydrogens (tertiary/aromatic N) is 3. The smallest absolute Gasteiger partial charge is 0.357 e. The second-order valence-corrected chi connectivity index (χ2v) is 13.8. The molecule has 2 saturated carbocycles. The molecule has 2 aliphatic carbocycles. The van der Waals surface area contributed by atoms with Crippen molar-refractivity contribution < 1.29 is 22.3 Å². The first-order valence-corrected chi connectivity index (χ1v) is 17.3. The minimum absolute atomic E-state index is 0.0259. The van der Waals surface area contributed by atoms with Crippen molar-refractivity contribution in [1.82, 2.24) is 14.8 Å². The Morgan fingerprint density at radius 3 is 2.68 bits per heavy atom. The van der Waals surface area contributed by atoms with Crippen LogP contribution >= 0.6 is 11.3 Å². The van der Waals surface area contributed by atoms with Crippen molar-refractivity contribution in [3.05, 3.63) is 81.7 Å². The van der Waals surface area contributed by atoms with Gasteiger partial charge in [0.2, 0.25) is 15.2 Å². The average molecular weight is 633 g/mol. The summed E-state index contributed by atoms with van der Waals surface area (Å²) in [5, 5.41) is 12.6. The van der Waals surface area contributed by atoms with Crippen LogP contribution in [-0.2, 0) is 27.6 Å². The second-order valence-electron chi connectivity index (χ2n) is 11.4. The fourth-order valence-corrected chi connectivity index (χ4v) is 6.93. The van der Waals surface area contributed by atoms with Crippen molar-refractivity contribution in [2.45, 2.75) is 63.2 Å². The third-order valence-electron chi connectivity index (χ3n) is 8.04. The molecule has 0 spiro atoms. The highest BCUT2D eigenvalue weighted by Crippen LogP contribution is 2.38. The SMILES string of the molecule is CCOC(=O)c1csc(-n2nc(-c3ccc(F)c(C#CC4CCCC4)c3)c(Cc3cccc(S(N)(=O)=O)c3)c2CC2CC2)n1. The number of hydrogen-bond acceptors (Lipinski definition) is 7. The summed E-state index contributed by atoms with van der Waals surface area (Å²) in [4.78, 5) is 17.0. The molecular weight excluding hydrogens is 600 g/mol. The summed E-state index contributed by atoms with van der Waals surface area (Å²) in [5.74, 6) is 6.19. The van der Waals surface area contributed by atoms with E-state index in [2.05, 4.69) is 16.8 Å². The summed E-state index contributed by atoms with van der Waals surface area (Å²) in [6.45, 7) is 1.98. The Morgan fingerprint density at radius 1 is 1.16 bits per heavy atom. The fourth-order valence-electron chi connectivity index (χ4n) is 5.58. The van der Waals surface area contributed by atoms with Crippen LogP contribution in [0.2, 0.25) is 0 Å². The van der Waals surface area contributed by atoms with Gasteiger partial charge < -0.3 is 4.74 Å². The molecule has 44 heavy (non-hydrogen) atoms. The van der Waals surface area contributed by atoms with Gasteiger partial charge in [0.1, 0.15) is 5.82 Å². The first-order valence-electron chi connectivity index (χ1n) is 14.9. The molecule has 11 heteroatoms. The monoisotopic (exact) mass is 632 g/mol. The molecule has 4 aromatic rings. The molecule has 2 aliphatic rings. The molecule has 0 aliphatic heterocycles. The largest absolute Gasteiger partial charge is 0.461 e. The van der Waals surface area contributed by atoms with Gasteiger partial charge in [-0.25, -0.2) is 32.4 Å². The van der Waals surface area contributed by atoms with Crippen molar-refractivity contribution in [2.24, 2.45) is 17.0 Å². The molecule has 0 radical (unpaired) electrons. The van der Waals surface area contributed by atoms with Gasteiger partial charge >= 0.3 is 5.97 Å². The maximum absolute atomic E-state index is 15.0. The van der Waals surface area contributed by atoms with Crippen LogP contribution in [0.3, 0.4) is 0 Å². The maximum Gasteiger partial charge on any atom is 0.357 e. The van der Waals surface area contributed by atoms with Crippen molar-refractivity contribution in [1.29, 1.82) is 0 Å². The van der Waals surface area contributed by atoms with E-state index in [-0.39, 0.29) is 23.1 Å². The number of halogens is 1. The predicted molar refractivity (Wildman–Crippen MR) is 166 cm³/mol. The lowest BCUT2D eigenvalue weighted by Crippen LogP contribution is -2.12. The molecule has 2 fully saturated rings. The Balaban J connectivity index is 1.49. The number of primary sulfonamides is 1. The van der Waals surface area contributed by atoms with E-state index in [1.807, 2.05) is 6.07 Å². The zero-order chi connectivity index (χ0) is 30.8. The van der Waals surface area contributed by atoms with Crippen molar-refractivity contribution in [2.75, 3.05) is 6.61 Å². The lowest BCUT2D eigenvalue weighted by molar-refractivity contribution is 0.0520. The predicted octanol–water partition coefficient (Wildman–Crippen LogP) is 6.04. The van der Waals surface area contributed by atoms with Gasteiger partial charge in [0.15, 0.2) is 5.69 Å². The molecule has 0 saturated heterocycles. The van der Waals surface area contributed by atoms with Gasteiger partial charge in [-0.2, -0.15) is 5.10 Å². The summed E-state index contributed by atoms with van der Waals surface area (Å²) in [7, 11) is -3.90. The van der Waals surface area contributed by atoms with Crippen LogP contribution in [0.4, 0.5) is 4.39 Å². The lowest BCUT2D eigenvalue weighted by atomic mass is 9.96. The number of thiazole rings is 1. The van der Waals surface area contributed by atoms with Crippen molar-refractivity contribution in [3.8, 4) is 28.2 Å². The van der Waals surface area contributed by atoms with Crippen LogP contribution in [-0.4, -0.2) is 35.8 Å². The van der Waals surface area contributed by atoms with Crippen LogP contribution in [0.1, 0.15) is 78.3 Å². The van der Waals surface area contributed by atoms with Crippen molar-refractivity contribution >= 4 is 27.3 Å². The van der Waals surface area contributed by atoms with E-state index in [0.717, 1.165) is 61.8 Å². The first-order chi connectivity index (χ1) is 21.2. The van der Waals surface area contributed by atoms with E-state index in [4.69, 9.17) is 15.0 Å². The van der Waals surface area contributed by atoms with E-state index in [1.54, 1.807) is 41.3 Å². The zero-order valence-electron chi connectivity index (χ0n) is 24.4. The van der Waals surface area contributed by atoms with Gasteiger partial charge in [0, 0.05) is 28.8 Å². The Labute approximate surface area is 260 Å². The zero-order valence-corrected chi connectivity index (χ0v) is 26.0. The average Bonchev–Trinajstić information content (AvgIpc) is 3.35. The number of esters is 1. The van der Waals surface area contributed by atoms with E-state index in [0.29, 0.717) is 34.3 Å². The number of ether oxygens (including phenoxy) is 1. The van der Waals surface area contributed by atoms with Gasteiger partial charge in [0.05, 0.1) is 28.5 Å². The number of carbonyl (C=O) groups excluding carboxylic acids is 1. The van der Waals surface area contributed by atoms with Gasteiger partial charge in [0.25, 0.3) is 0 Å². The van der Waals surface area contributed by atoms with Crippen LogP contribution in [0.5, 0.6) is 0 Å². The fraction of sp³-hybridized carbons (Fsp3) is 0.364. The van der Waals surface area contributed by atoms with Crippen LogP contribution in [0.25, 0.3) is 16.4 Å². The number of carbonyl (C=O) groups is 1. The Bertz CT molecular complexity index is 1880. The third-order valence-corrected chi connectivity index (χ3v) is 9.77. The Morgan fingerprint density at radius 2 is 1.95 bits per heavy atom. The molecule has 2 aromatic heterocycles. The lowest BCUT2D eigenvalue weighted by Gasteiger charge is -2.10. The summed E-state index contributed by atoms with van der Waals surface area (Å²) >= 11 is 1.29. The molecular formula is C33H33FN4O4S2. The van der Waals surface area contributed by atoms with Crippen LogP contribution in [0, 0.1) is 29.5 Å². The molecule has 0 atom stereocenters. The second kappa shape index (κ2) is 12.6. The summed E-state index contributed by atoms with van der Waals surface area (Å²) in [6, 6.07) is 11.4. The number of benzene rings is 2. The van der Waals surface area contributed by atoms with E-state index < -0.39 is 21.8 Å². The highest BCUT2D eigenvalue weighted by atomic mass is 32.2. The van der Waals surface area contributed by atoms with Crippen LogP contribution in [0.15, 0.2) is 52.7 Å². The Hall–Kier alpha value is -3.85. The van der Waals surface area contributed by atoms with E-state index in [9.17, 15) is 17.6 Å². The van der Waals surface area contributed by atoms with E-state index >= 15 is 0 Å². The normalized spacial score (nSPS) is 15.2. The quantitative estimate of drug-likeness (QED) is 0.178. The molecule has 2 N–H and O–H groups in total. The third kappa shape index (κ3) is 6.78. The minimum Gasteiger partial charge on any atom is -0.461 e.